The van der Waals surface area contributed by atoms with E-state index < -0.39 is 5.95 Å². The summed E-state index contributed by atoms with van der Waals surface area (Å²) in [5.41, 5.74) is 6.66. The first-order valence-corrected chi connectivity index (χ1v) is 5.65. The minimum Gasteiger partial charge on any atom is -0.324 e. The van der Waals surface area contributed by atoms with Gasteiger partial charge in [-0.15, -0.1) is 0 Å². The van der Waals surface area contributed by atoms with Crippen molar-refractivity contribution >= 4 is 0 Å². The highest BCUT2D eigenvalue weighted by Gasteiger charge is 2.23. The van der Waals surface area contributed by atoms with Crippen molar-refractivity contribution in [2.75, 3.05) is 0 Å². The summed E-state index contributed by atoms with van der Waals surface area (Å²) < 4.78 is 13.4. The van der Waals surface area contributed by atoms with Crippen molar-refractivity contribution in [3.63, 3.8) is 0 Å². The molecule has 0 unspecified atom stereocenters. The molecule has 0 spiro atoms. The molecule has 1 aliphatic rings. The van der Waals surface area contributed by atoms with E-state index in [1.807, 2.05) is 0 Å². The molecule has 2 rings (SSSR count). The van der Waals surface area contributed by atoms with Gasteiger partial charge in [0, 0.05) is 17.8 Å². The van der Waals surface area contributed by atoms with E-state index in [4.69, 9.17) is 5.73 Å². The van der Waals surface area contributed by atoms with Crippen LogP contribution in [0.25, 0.3) is 0 Å². The minimum absolute atomic E-state index is 0.181. The van der Waals surface area contributed by atoms with E-state index in [-0.39, 0.29) is 6.04 Å². The molecular weight excluding hydrogens is 191 g/mol. The van der Waals surface area contributed by atoms with Crippen LogP contribution in [0.3, 0.4) is 0 Å². The van der Waals surface area contributed by atoms with Crippen molar-refractivity contribution in [1.82, 2.24) is 4.98 Å². The lowest BCUT2D eigenvalue weighted by molar-refractivity contribution is 0.302. The largest absolute Gasteiger partial charge is 0.324 e. The van der Waals surface area contributed by atoms with Crippen molar-refractivity contribution in [3.05, 3.63) is 29.8 Å². The molecule has 3 heteroatoms. The topological polar surface area (TPSA) is 38.9 Å². The van der Waals surface area contributed by atoms with Gasteiger partial charge in [0.15, 0.2) is 0 Å². The van der Waals surface area contributed by atoms with Crippen LogP contribution in [0, 0.1) is 11.9 Å². The highest BCUT2D eigenvalue weighted by Crippen LogP contribution is 2.33. The Bertz CT molecular complexity index is 321. The number of aromatic nitrogens is 1. The van der Waals surface area contributed by atoms with Crippen molar-refractivity contribution in [2.24, 2.45) is 11.7 Å². The summed E-state index contributed by atoms with van der Waals surface area (Å²) in [6.07, 6.45) is 7.44. The van der Waals surface area contributed by atoms with Crippen LogP contribution >= 0.6 is 0 Å². The zero-order chi connectivity index (χ0) is 10.7. The molecule has 1 saturated carbocycles. The predicted octanol–water partition coefficient (Wildman–Crippen LogP) is 2.80. The highest BCUT2D eigenvalue weighted by atomic mass is 19.1. The van der Waals surface area contributed by atoms with Crippen LogP contribution in [-0.2, 0) is 0 Å². The Kier molecular flexibility index (Phi) is 3.31. The van der Waals surface area contributed by atoms with Gasteiger partial charge in [0.25, 0.3) is 0 Å². The molecule has 0 aliphatic heterocycles. The first-order chi connectivity index (χ1) is 7.29. The van der Waals surface area contributed by atoms with Gasteiger partial charge in [0.1, 0.15) is 0 Å². The molecule has 0 radical (unpaired) electrons. The van der Waals surface area contributed by atoms with Gasteiger partial charge >= 0.3 is 0 Å². The Hall–Kier alpha value is -0.960. The first-order valence-electron chi connectivity index (χ1n) is 5.65. The van der Waals surface area contributed by atoms with Gasteiger partial charge in [0.2, 0.25) is 5.95 Å². The molecule has 1 atom stereocenters. The lowest BCUT2D eigenvalue weighted by Crippen LogP contribution is -2.24. The second-order valence-electron chi connectivity index (χ2n) is 4.31. The molecule has 0 amide bonds. The fourth-order valence-electron chi connectivity index (χ4n) is 2.39. The number of halogens is 1. The average molecular weight is 208 g/mol. The molecule has 0 aromatic carbocycles. The summed E-state index contributed by atoms with van der Waals surface area (Å²) in [5, 5.41) is 0. The van der Waals surface area contributed by atoms with Crippen LogP contribution in [0.5, 0.6) is 0 Å². The second kappa shape index (κ2) is 4.71. The van der Waals surface area contributed by atoms with Crippen LogP contribution in [0.4, 0.5) is 4.39 Å². The van der Waals surface area contributed by atoms with Crippen LogP contribution in [0.15, 0.2) is 18.3 Å². The summed E-state index contributed by atoms with van der Waals surface area (Å²) in [7, 11) is 0. The van der Waals surface area contributed by atoms with Crippen molar-refractivity contribution in [3.8, 4) is 0 Å². The fourth-order valence-corrected chi connectivity index (χ4v) is 2.39. The highest BCUT2D eigenvalue weighted by molar-refractivity contribution is 5.16. The molecule has 0 saturated heterocycles. The SMILES string of the molecule is N[C@@H](c1cccnc1F)C1CCCCC1. The Morgan fingerprint density at radius 3 is 2.73 bits per heavy atom. The van der Waals surface area contributed by atoms with Gasteiger partial charge in [-0.05, 0) is 24.8 Å². The molecule has 1 aliphatic carbocycles. The molecule has 1 heterocycles. The average Bonchev–Trinajstić information content (AvgIpc) is 2.30. The van der Waals surface area contributed by atoms with E-state index in [2.05, 4.69) is 4.98 Å². The van der Waals surface area contributed by atoms with Crippen molar-refractivity contribution in [1.29, 1.82) is 0 Å². The quantitative estimate of drug-likeness (QED) is 0.759. The maximum atomic E-state index is 13.4. The molecule has 1 fully saturated rings. The van der Waals surface area contributed by atoms with Crippen LogP contribution in [0.2, 0.25) is 0 Å². The molecule has 0 bridgehead atoms. The van der Waals surface area contributed by atoms with Gasteiger partial charge in [-0.1, -0.05) is 25.3 Å². The lowest BCUT2D eigenvalue weighted by Gasteiger charge is -2.27. The lowest BCUT2D eigenvalue weighted by atomic mass is 9.82. The Balaban J connectivity index is 2.12. The maximum absolute atomic E-state index is 13.4. The van der Waals surface area contributed by atoms with Gasteiger partial charge in [0.05, 0.1) is 0 Å². The summed E-state index contributed by atoms with van der Waals surface area (Å²) in [6, 6.07) is 3.32. The van der Waals surface area contributed by atoms with Gasteiger partial charge < -0.3 is 5.73 Å². The van der Waals surface area contributed by atoms with Crippen LogP contribution in [0.1, 0.15) is 43.7 Å². The summed E-state index contributed by atoms with van der Waals surface area (Å²) in [5.74, 6) is 0.0213. The molecule has 1 aromatic rings. The molecule has 1 aromatic heterocycles. The minimum atomic E-state index is -0.407. The summed E-state index contributed by atoms with van der Waals surface area (Å²) in [6.45, 7) is 0. The molecular formula is C12H17FN2. The number of nitrogens with zero attached hydrogens (tertiary/aromatic N) is 1. The van der Waals surface area contributed by atoms with Crippen LogP contribution in [-0.4, -0.2) is 4.98 Å². The fraction of sp³-hybridized carbons (Fsp3) is 0.583. The van der Waals surface area contributed by atoms with E-state index in [0.717, 1.165) is 12.8 Å². The smallest absolute Gasteiger partial charge is 0.217 e. The number of pyridine rings is 1. The zero-order valence-corrected chi connectivity index (χ0v) is 8.82. The van der Waals surface area contributed by atoms with Gasteiger partial charge in [-0.3, -0.25) is 0 Å². The Morgan fingerprint density at radius 1 is 1.33 bits per heavy atom. The maximum Gasteiger partial charge on any atom is 0.217 e. The van der Waals surface area contributed by atoms with E-state index >= 15 is 0 Å². The van der Waals surface area contributed by atoms with Gasteiger partial charge in [-0.2, -0.15) is 4.39 Å². The predicted molar refractivity (Wildman–Crippen MR) is 57.7 cm³/mol. The Labute approximate surface area is 89.7 Å². The normalized spacial score (nSPS) is 20.1. The number of hydrogen-bond donors (Lipinski definition) is 1. The van der Waals surface area contributed by atoms with Crippen molar-refractivity contribution in [2.45, 2.75) is 38.1 Å². The monoisotopic (exact) mass is 208 g/mol. The Morgan fingerprint density at radius 2 is 2.07 bits per heavy atom. The van der Waals surface area contributed by atoms with Crippen LogP contribution < -0.4 is 5.73 Å². The number of hydrogen-bond acceptors (Lipinski definition) is 2. The van der Waals surface area contributed by atoms with E-state index in [1.54, 1.807) is 12.1 Å². The van der Waals surface area contributed by atoms with Crippen molar-refractivity contribution < 1.29 is 4.39 Å². The van der Waals surface area contributed by atoms with Gasteiger partial charge in [-0.25, -0.2) is 4.98 Å². The first kappa shape index (κ1) is 10.6. The molecule has 2 nitrogen and oxygen atoms in total. The molecule has 15 heavy (non-hydrogen) atoms. The molecule has 2 N–H and O–H groups in total. The third-order valence-corrected chi connectivity index (χ3v) is 3.30. The summed E-state index contributed by atoms with van der Waals surface area (Å²) >= 11 is 0. The third-order valence-electron chi connectivity index (χ3n) is 3.30. The number of rotatable bonds is 2. The summed E-state index contributed by atoms with van der Waals surface area (Å²) in [4.78, 5) is 3.65. The standard InChI is InChI=1S/C12H17FN2/c13-12-10(7-4-8-15-12)11(14)9-5-2-1-3-6-9/h4,7-9,11H,1-3,5-6,14H2/t11-/m1/s1. The molecule has 82 valence electrons. The van der Waals surface area contributed by atoms with E-state index in [0.29, 0.717) is 11.5 Å². The van der Waals surface area contributed by atoms with E-state index in [9.17, 15) is 4.39 Å². The third kappa shape index (κ3) is 2.34. The zero-order valence-electron chi connectivity index (χ0n) is 8.82. The second-order valence-corrected chi connectivity index (χ2v) is 4.31. The number of nitrogens with two attached hydrogens (primary N) is 1. The van der Waals surface area contributed by atoms with E-state index in [1.165, 1.54) is 25.5 Å².